The van der Waals surface area contributed by atoms with Crippen molar-refractivity contribution >= 4 is 5.97 Å². The average molecular weight is 193 g/mol. The minimum Gasteiger partial charge on any atom is -0.481 e. The minimum atomic E-state index is -0.764. The van der Waals surface area contributed by atoms with E-state index in [1.165, 1.54) is 0 Å². The monoisotopic (exact) mass is 193 g/mol. The van der Waals surface area contributed by atoms with Crippen molar-refractivity contribution in [2.24, 2.45) is 0 Å². The fraction of sp³-hybridized carbons (Fsp3) is 0.364. The summed E-state index contributed by atoms with van der Waals surface area (Å²) in [5, 5.41) is 11.7. The predicted octanol–water partition coefficient (Wildman–Crippen LogP) is 1.29. The van der Waals surface area contributed by atoms with Crippen molar-refractivity contribution in [3.05, 3.63) is 35.9 Å². The van der Waals surface area contributed by atoms with Crippen molar-refractivity contribution in [3.63, 3.8) is 0 Å². The fourth-order valence-electron chi connectivity index (χ4n) is 1.39. The summed E-state index contributed by atoms with van der Waals surface area (Å²) >= 11 is 0. The van der Waals surface area contributed by atoms with Crippen LogP contribution in [0.3, 0.4) is 0 Å². The second-order valence-electron chi connectivity index (χ2n) is 3.27. The Kier molecular flexibility index (Phi) is 4.13. The van der Waals surface area contributed by atoms with Crippen LogP contribution in [-0.4, -0.2) is 24.2 Å². The molecular formula is C11H15NO2. The summed E-state index contributed by atoms with van der Waals surface area (Å²) in [4.78, 5) is 10.5. The lowest BCUT2D eigenvalue weighted by molar-refractivity contribution is -0.137. The van der Waals surface area contributed by atoms with Gasteiger partial charge in [-0.1, -0.05) is 30.3 Å². The maximum atomic E-state index is 10.5. The van der Waals surface area contributed by atoms with Crippen LogP contribution < -0.4 is 5.32 Å². The molecule has 0 saturated heterocycles. The maximum absolute atomic E-state index is 10.5. The molecule has 0 fully saturated rings. The Bertz CT molecular complexity index is 285. The van der Waals surface area contributed by atoms with Gasteiger partial charge in [0.25, 0.3) is 0 Å². The summed E-state index contributed by atoms with van der Waals surface area (Å²) in [7, 11) is 1.79. The van der Waals surface area contributed by atoms with Crippen LogP contribution in [0.25, 0.3) is 0 Å². The van der Waals surface area contributed by atoms with E-state index in [0.29, 0.717) is 0 Å². The Morgan fingerprint density at radius 3 is 2.57 bits per heavy atom. The van der Waals surface area contributed by atoms with Crippen molar-refractivity contribution < 1.29 is 9.90 Å². The first-order valence-electron chi connectivity index (χ1n) is 4.65. The quantitative estimate of drug-likeness (QED) is 0.741. The lowest BCUT2D eigenvalue weighted by Gasteiger charge is -2.13. The van der Waals surface area contributed by atoms with Gasteiger partial charge in [-0.05, 0) is 19.0 Å². The van der Waals surface area contributed by atoms with Gasteiger partial charge in [-0.15, -0.1) is 0 Å². The van der Waals surface area contributed by atoms with E-state index in [9.17, 15) is 4.79 Å². The summed E-state index contributed by atoms with van der Waals surface area (Å²) in [6.07, 6.45) is 0.912. The highest BCUT2D eigenvalue weighted by molar-refractivity contribution is 5.67. The lowest BCUT2D eigenvalue weighted by Crippen LogP contribution is -2.30. The second kappa shape index (κ2) is 5.40. The Morgan fingerprint density at radius 1 is 1.43 bits per heavy atom. The van der Waals surface area contributed by atoms with Gasteiger partial charge in [-0.3, -0.25) is 4.79 Å². The van der Waals surface area contributed by atoms with Crippen LogP contribution in [0.15, 0.2) is 30.3 Å². The third-order valence-corrected chi connectivity index (χ3v) is 2.15. The summed E-state index contributed by atoms with van der Waals surface area (Å²) < 4.78 is 0. The third-order valence-electron chi connectivity index (χ3n) is 2.15. The molecule has 1 aromatic rings. The number of rotatable bonds is 5. The minimum absolute atomic E-state index is 0.00917. The molecule has 0 spiro atoms. The van der Waals surface area contributed by atoms with E-state index in [-0.39, 0.29) is 12.5 Å². The summed E-state index contributed by atoms with van der Waals surface area (Å²) in [6, 6.07) is 9.90. The second-order valence-corrected chi connectivity index (χ2v) is 3.27. The van der Waals surface area contributed by atoms with Gasteiger partial charge >= 0.3 is 5.97 Å². The first kappa shape index (κ1) is 10.7. The van der Waals surface area contributed by atoms with Gasteiger partial charge in [0.05, 0.1) is 6.42 Å². The summed E-state index contributed by atoms with van der Waals surface area (Å²) in [5.74, 6) is -0.764. The van der Waals surface area contributed by atoms with Crippen molar-refractivity contribution in [1.29, 1.82) is 0 Å². The van der Waals surface area contributed by atoms with Crippen LogP contribution in [0.4, 0.5) is 0 Å². The number of likely N-dealkylation sites (N-methyl/N-ethyl adjacent to an activating group) is 1. The van der Waals surface area contributed by atoms with Crippen LogP contribution in [0.1, 0.15) is 12.0 Å². The largest absolute Gasteiger partial charge is 0.481 e. The van der Waals surface area contributed by atoms with E-state index in [1.807, 2.05) is 30.3 Å². The smallest absolute Gasteiger partial charge is 0.304 e. The number of nitrogens with one attached hydrogen (secondary N) is 1. The van der Waals surface area contributed by atoms with Crippen LogP contribution in [-0.2, 0) is 11.2 Å². The molecule has 0 aliphatic heterocycles. The van der Waals surface area contributed by atoms with E-state index in [4.69, 9.17) is 5.11 Å². The molecule has 0 unspecified atom stereocenters. The van der Waals surface area contributed by atoms with Gasteiger partial charge in [0.15, 0.2) is 0 Å². The van der Waals surface area contributed by atoms with Gasteiger partial charge in [0.2, 0.25) is 0 Å². The number of aliphatic carboxylic acids is 1. The number of hydrogen-bond acceptors (Lipinski definition) is 2. The zero-order valence-electron chi connectivity index (χ0n) is 8.23. The molecule has 1 atom stereocenters. The molecular weight excluding hydrogens is 178 g/mol. The van der Waals surface area contributed by atoms with E-state index in [0.717, 1.165) is 12.0 Å². The fourth-order valence-corrected chi connectivity index (χ4v) is 1.39. The zero-order valence-corrected chi connectivity index (χ0v) is 8.23. The van der Waals surface area contributed by atoms with E-state index >= 15 is 0 Å². The van der Waals surface area contributed by atoms with Crippen LogP contribution in [0.5, 0.6) is 0 Å². The Hall–Kier alpha value is -1.35. The lowest BCUT2D eigenvalue weighted by atomic mass is 10.0. The SMILES string of the molecule is CN[C@@H](CC(=O)O)Cc1ccccc1. The summed E-state index contributed by atoms with van der Waals surface area (Å²) in [6.45, 7) is 0. The first-order valence-corrected chi connectivity index (χ1v) is 4.65. The molecule has 0 heterocycles. The molecule has 76 valence electrons. The molecule has 1 aromatic carbocycles. The first-order chi connectivity index (χ1) is 6.72. The predicted molar refractivity (Wildman–Crippen MR) is 55.2 cm³/mol. The molecule has 14 heavy (non-hydrogen) atoms. The molecule has 0 radical (unpaired) electrons. The van der Waals surface area contributed by atoms with Crippen molar-refractivity contribution in [2.75, 3.05) is 7.05 Å². The highest BCUT2D eigenvalue weighted by Crippen LogP contribution is 2.05. The molecule has 3 heteroatoms. The molecule has 0 bridgehead atoms. The van der Waals surface area contributed by atoms with Gasteiger partial charge in [0.1, 0.15) is 0 Å². The molecule has 0 aliphatic carbocycles. The van der Waals surface area contributed by atoms with Gasteiger partial charge in [0, 0.05) is 6.04 Å². The topological polar surface area (TPSA) is 49.3 Å². The standard InChI is InChI=1S/C11H15NO2/c1-12-10(8-11(13)14)7-9-5-3-2-4-6-9/h2-6,10,12H,7-8H2,1H3,(H,13,14)/t10-/m1/s1. The molecule has 1 rings (SSSR count). The third kappa shape index (κ3) is 3.58. The van der Waals surface area contributed by atoms with E-state index in [2.05, 4.69) is 5.32 Å². The maximum Gasteiger partial charge on any atom is 0.304 e. The summed E-state index contributed by atoms with van der Waals surface area (Å²) in [5.41, 5.74) is 1.16. The zero-order chi connectivity index (χ0) is 10.4. The Labute approximate surface area is 83.8 Å². The normalized spacial score (nSPS) is 12.4. The van der Waals surface area contributed by atoms with E-state index in [1.54, 1.807) is 7.05 Å². The highest BCUT2D eigenvalue weighted by atomic mass is 16.4. The molecule has 3 nitrogen and oxygen atoms in total. The molecule has 2 N–H and O–H groups in total. The molecule has 0 amide bonds. The molecule has 0 aliphatic rings. The van der Waals surface area contributed by atoms with E-state index < -0.39 is 5.97 Å². The van der Waals surface area contributed by atoms with Gasteiger partial charge < -0.3 is 10.4 Å². The van der Waals surface area contributed by atoms with Crippen molar-refractivity contribution in [1.82, 2.24) is 5.32 Å². The van der Waals surface area contributed by atoms with Crippen LogP contribution in [0.2, 0.25) is 0 Å². The number of carboxylic acids is 1. The van der Waals surface area contributed by atoms with Crippen LogP contribution >= 0.6 is 0 Å². The van der Waals surface area contributed by atoms with Crippen LogP contribution in [0, 0.1) is 0 Å². The number of carbonyl (C=O) groups is 1. The number of benzene rings is 1. The van der Waals surface area contributed by atoms with Gasteiger partial charge in [-0.25, -0.2) is 0 Å². The Balaban J connectivity index is 2.53. The van der Waals surface area contributed by atoms with Crippen molar-refractivity contribution in [3.8, 4) is 0 Å². The van der Waals surface area contributed by atoms with Gasteiger partial charge in [-0.2, -0.15) is 0 Å². The average Bonchev–Trinajstić information content (AvgIpc) is 2.17. The molecule has 0 saturated carbocycles. The number of hydrogen-bond donors (Lipinski definition) is 2. The highest BCUT2D eigenvalue weighted by Gasteiger charge is 2.10. The molecule has 0 aromatic heterocycles. The number of carboxylic acid groups (broad SMARTS) is 1. The van der Waals surface area contributed by atoms with Crippen molar-refractivity contribution in [2.45, 2.75) is 18.9 Å². The Morgan fingerprint density at radius 2 is 2.07 bits per heavy atom.